The third kappa shape index (κ3) is 4.98. The van der Waals surface area contributed by atoms with E-state index in [0.29, 0.717) is 0 Å². The Morgan fingerprint density at radius 2 is 1.93 bits per heavy atom. The Morgan fingerprint density at radius 3 is 2.67 bits per heavy atom. The van der Waals surface area contributed by atoms with Gasteiger partial charge in [-0.2, -0.15) is 0 Å². The number of nitrogens with one attached hydrogen (secondary N) is 1. The quantitative estimate of drug-likeness (QED) is 0.541. The van der Waals surface area contributed by atoms with Crippen LogP contribution in [-0.2, 0) is 4.74 Å². The predicted octanol–water partition coefficient (Wildman–Crippen LogP) is 2.97. The Kier molecular flexibility index (Phi) is 7.03. The van der Waals surface area contributed by atoms with Gasteiger partial charge in [-0.25, -0.2) is 0 Å². The van der Waals surface area contributed by atoms with Crippen LogP contribution in [0.1, 0.15) is 51.4 Å². The maximum atomic E-state index is 5.09. The molecule has 1 N–H and O–H groups in total. The summed E-state index contributed by atoms with van der Waals surface area (Å²) in [7, 11) is 3.92. The molecule has 2 heteroatoms. The van der Waals surface area contributed by atoms with Crippen molar-refractivity contribution in [3.63, 3.8) is 0 Å². The molecule has 15 heavy (non-hydrogen) atoms. The van der Waals surface area contributed by atoms with Gasteiger partial charge in [0, 0.05) is 19.8 Å². The Bertz CT molecular complexity index is 149. The molecule has 1 fully saturated rings. The summed E-state index contributed by atoms with van der Waals surface area (Å²) < 4.78 is 5.09. The summed E-state index contributed by atoms with van der Waals surface area (Å²) in [4.78, 5) is 0. The summed E-state index contributed by atoms with van der Waals surface area (Å²) in [6.45, 7) is 0.928. The third-order valence-corrected chi connectivity index (χ3v) is 3.70. The zero-order valence-corrected chi connectivity index (χ0v) is 10.4. The lowest BCUT2D eigenvalue weighted by molar-refractivity contribution is 0.188. The molecule has 1 aliphatic rings. The van der Waals surface area contributed by atoms with Crippen LogP contribution < -0.4 is 5.32 Å². The van der Waals surface area contributed by atoms with E-state index in [1.165, 1.54) is 51.4 Å². The van der Waals surface area contributed by atoms with Gasteiger partial charge in [-0.3, -0.25) is 0 Å². The van der Waals surface area contributed by atoms with E-state index in [2.05, 4.69) is 12.4 Å². The molecular weight excluding hydrogens is 186 g/mol. The lowest BCUT2D eigenvalue weighted by Crippen LogP contribution is -2.32. The van der Waals surface area contributed by atoms with Gasteiger partial charge < -0.3 is 10.1 Å². The predicted molar refractivity (Wildman–Crippen MR) is 65.1 cm³/mol. The van der Waals surface area contributed by atoms with Crippen LogP contribution in [0.4, 0.5) is 0 Å². The van der Waals surface area contributed by atoms with Gasteiger partial charge in [0.25, 0.3) is 0 Å². The van der Waals surface area contributed by atoms with Crippen molar-refractivity contribution in [3.05, 3.63) is 0 Å². The molecule has 0 heterocycles. The second-order valence-electron chi connectivity index (χ2n) is 4.78. The Balaban J connectivity index is 2.22. The second kappa shape index (κ2) is 8.12. The minimum Gasteiger partial charge on any atom is -0.385 e. The van der Waals surface area contributed by atoms with Gasteiger partial charge in [-0.05, 0) is 38.6 Å². The van der Waals surface area contributed by atoms with E-state index in [0.717, 1.165) is 18.6 Å². The summed E-state index contributed by atoms with van der Waals surface area (Å²) in [6, 6.07) is 0.773. The molecule has 0 aliphatic heterocycles. The molecule has 1 rings (SSSR count). The number of rotatable bonds is 6. The molecule has 2 unspecified atom stereocenters. The van der Waals surface area contributed by atoms with Crippen LogP contribution in [0.15, 0.2) is 0 Å². The highest BCUT2D eigenvalue weighted by atomic mass is 16.5. The molecule has 0 radical (unpaired) electrons. The van der Waals surface area contributed by atoms with E-state index < -0.39 is 0 Å². The molecular formula is C13H27NO. The van der Waals surface area contributed by atoms with Crippen molar-refractivity contribution >= 4 is 0 Å². The molecule has 1 aliphatic carbocycles. The first-order valence-electron chi connectivity index (χ1n) is 6.54. The first kappa shape index (κ1) is 13.0. The number of unbranched alkanes of at least 4 members (excludes halogenated alkanes) is 1. The van der Waals surface area contributed by atoms with Crippen LogP contribution in [0.2, 0.25) is 0 Å². The van der Waals surface area contributed by atoms with E-state index in [1.54, 1.807) is 7.11 Å². The molecule has 0 saturated heterocycles. The van der Waals surface area contributed by atoms with Gasteiger partial charge in [0.1, 0.15) is 0 Å². The molecule has 0 aromatic carbocycles. The molecule has 0 amide bonds. The van der Waals surface area contributed by atoms with E-state index in [4.69, 9.17) is 4.74 Å². The average molecular weight is 213 g/mol. The standard InChI is InChI=1S/C13H27NO/c1-14-13-10-5-3-4-8-12(13)9-6-7-11-15-2/h12-14H,3-11H2,1-2H3. The van der Waals surface area contributed by atoms with Gasteiger partial charge >= 0.3 is 0 Å². The fourth-order valence-corrected chi connectivity index (χ4v) is 2.76. The van der Waals surface area contributed by atoms with Crippen LogP contribution >= 0.6 is 0 Å². The lowest BCUT2D eigenvalue weighted by atomic mass is 9.90. The first-order valence-corrected chi connectivity index (χ1v) is 6.54. The van der Waals surface area contributed by atoms with Crippen molar-refractivity contribution in [1.29, 1.82) is 0 Å². The zero-order valence-electron chi connectivity index (χ0n) is 10.4. The zero-order chi connectivity index (χ0) is 10.9. The van der Waals surface area contributed by atoms with Gasteiger partial charge in [0.2, 0.25) is 0 Å². The first-order chi connectivity index (χ1) is 7.38. The highest BCUT2D eigenvalue weighted by molar-refractivity contribution is 4.78. The fraction of sp³-hybridized carbons (Fsp3) is 1.00. The molecule has 0 spiro atoms. The average Bonchev–Trinajstić information content (AvgIpc) is 2.49. The summed E-state index contributed by atoms with van der Waals surface area (Å²) >= 11 is 0. The van der Waals surface area contributed by atoms with Crippen LogP contribution in [0.25, 0.3) is 0 Å². The maximum Gasteiger partial charge on any atom is 0.0462 e. The third-order valence-electron chi connectivity index (χ3n) is 3.70. The van der Waals surface area contributed by atoms with Gasteiger partial charge in [-0.1, -0.05) is 25.7 Å². The second-order valence-corrected chi connectivity index (χ2v) is 4.78. The van der Waals surface area contributed by atoms with Gasteiger partial charge in [0.15, 0.2) is 0 Å². The Labute approximate surface area is 94.8 Å². The van der Waals surface area contributed by atoms with Crippen molar-refractivity contribution in [2.24, 2.45) is 5.92 Å². The van der Waals surface area contributed by atoms with E-state index in [1.807, 2.05) is 0 Å². The number of ether oxygens (including phenoxy) is 1. The number of hydrogen-bond acceptors (Lipinski definition) is 2. The Morgan fingerprint density at radius 1 is 1.13 bits per heavy atom. The topological polar surface area (TPSA) is 21.3 Å². The molecule has 90 valence electrons. The van der Waals surface area contributed by atoms with Crippen LogP contribution in [0.3, 0.4) is 0 Å². The van der Waals surface area contributed by atoms with Crippen LogP contribution in [0, 0.1) is 5.92 Å². The Hall–Kier alpha value is -0.0800. The van der Waals surface area contributed by atoms with Crippen molar-refractivity contribution in [2.45, 2.75) is 57.4 Å². The van der Waals surface area contributed by atoms with Gasteiger partial charge in [-0.15, -0.1) is 0 Å². The SMILES string of the molecule is CNC1CCCCCC1CCCCOC. The lowest BCUT2D eigenvalue weighted by Gasteiger charge is -2.24. The monoisotopic (exact) mass is 213 g/mol. The maximum absolute atomic E-state index is 5.09. The van der Waals surface area contributed by atoms with Crippen molar-refractivity contribution in [3.8, 4) is 0 Å². The highest BCUT2D eigenvalue weighted by Crippen LogP contribution is 2.27. The molecule has 0 aromatic rings. The normalized spacial score (nSPS) is 27.6. The summed E-state index contributed by atoms with van der Waals surface area (Å²) in [5.74, 6) is 0.911. The van der Waals surface area contributed by atoms with Crippen LogP contribution in [0.5, 0.6) is 0 Å². The summed E-state index contributed by atoms with van der Waals surface area (Å²) in [6.07, 6.45) is 11.0. The fourth-order valence-electron chi connectivity index (χ4n) is 2.76. The number of hydrogen-bond donors (Lipinski definition) is 1. The largest absolute Gasteiger partial charge is 0.385 e. The van der Waals surface area contributed by atoms with Crippen molar-refractivity contribution < 1.29 is 4.74 Å². The highest BCUT2D eigenvalue weighted by Gasteiger charge is 2.21. The minimum atomic E-state index is 0.773. The smallest absolute Gasteiger partial charge is 0.0462 e. The van der Waals surface area contributed by atoms with E-state index in [-0.39, 0.29) is 0 Å². The summed E-state index contributed by atoms with van der Waals surface area (Å²) in [5, 5.41) is 3.50. The minimum absolute atomic E-state index is 0.773. The van der Waals surface area contributed by atoms with Gasteiger partial charge in [0.05, 0.1) is 0 Å². The van der Waals surface area contributed by atoms with Crippen LogP contribution in [-0.4, -0.2) is 26.8 Å². The molecule has 2 nitrogen and oxygen atoms in total. The van der Waals surface area contributed by atoms with E-state index >= 15 is 0 Å². The number of methoxy groups -OCH3 is 1. The molecule has 0 bridgehead atoms. The molecule has 2 atom stereocenters. The summed E-state index contributed by atoms with van der Waals surface area (Å²) in [5.41, 5.74) is 0. The molecule has 0 aromatic heterocycles. The van der Waals surface area contributed by atoms with Crippen molar-refractivity contribution in [2.75, 3.05) is 20.8 Å². The molecule has 1 saturated carbocycles. The van der Waals surface area contributed by atoms with E-state index in [9.17, 15) is 0 Å². The van der Waals surface area contributed by atoms with Crippen molar-refractivity contribution in [1.82, 2.24) is 5.32 Å².